The maximum absolute atomic E-state index is 12.0. The average Bonchev–Trinajstić information content (AvgIpc) is 2.33. The van der Waals surface area contributed by atoms with Crippen molar-refractivity contribution in [2.75, 3.05) is 13.7 Å². The fourth-order valence-electron chi connectivity index (χ4n) is 1.52. The molecule has 0 aromatic heterocycles. The van der Waals surface area contributed by atoms with Gasteiger partial charge >= 0.3 is 6.18 Å². The fourth-order valence-corrected chi connectivity index (χ4v) is 2.04. The summed E-state index contributed by atoms with van der Waals surface area (Å²) in [5.74, 6) is 0.564. The summed E-state index contributed by atoms with van der Waals surface area (Å²) in [6.07, 6.45) is -4.98. The van der Waals surface area contributed by atoms with E-state index in [1.165, 1.54) is 0 Å². The Bertz CT molecular complexity index is 409. The highest BCUT2D eigenvalue weighted by molar-refractivity contribution is 9.10. The van der Waals surface area contributed by atoms with Crippen molar-refractivity contribution in [3.05, 3.63) is 28.2 Å². The van der Waals surface area contributed by atoms with Crippen LogP contribution in [0.1, 0.15) is 31.4 Å². The van der Waals surface area contributed by atoms with E-state index in [0.717, 1.165) is 10.0 Å². The molecule has 1 atom stereocenters. The maximum atomic E-state index is 12.0. The lowest BCUT2D eigenvalue weighted by Gasteiger charge is -2.14. The van der Waals surface area contributed by atoms with Crippen LogP contribution in [0, 0.1) is 0 Å². The maximum Gasteiger partial charge on any atom is 0.389 e. The lowest BCUT2D eigenvalue weighted by Crippen LogP contribution is -2.12. The van der Waals surface area contributed by atoms with Gasteiger partial charge in [0.25, 0.3) is 0 Å². The van der Waals surface area contributed by atoms with Crippen LogP contribution in [0.3, 0.4) is 0 Å². The number of benzene rings is 1. The van der Waals surface area contributed by atoms with Gasteiger partial charge in [-0.25, -0.2) is 0 Å². The molecule has 0 aliphatic carbocycles. The normalized spacial score (nSPS) is 13.4. The van der Waals surface area contributed by atoms with Gasteiger partial charge in [0.05, 0.1) is 11.1 Å². The Morgan fingerprint density at radius 2 is 2.05 bits per heavy atom. The Labute approximate surface area is 119 Å². The molecule has 2 nitrogen and oxygen atoms in total. The summed E-state index contributed by atoms with van der Waals surface area (Å²) in [6, 6.07) is 5.77. The van der Waals surface area contributed by atoms with Gasteiger partial charge in [-0.2, -0.15) is 13.2 Å². The minimum Gasteiger partial charge on any atom is -0.492 e. The quantitative estimate of drug-likeness (QED) is 0.773. The van der Waals surface area contributed by atoms with E-state index in [4.69, 9.17) is 4.74 Å². The molecule has 1 rings (SSSR count). The van der Waals surface area contributed by atoms with Crippen molar-refractivity contribution in [1.29, 1.82) is 0 Å². The highest BCUT2D eigenvalue weighted by Crippen LogP contribution is 2.29. The van der Waals surface area contributed by atoms with Crippen LogP contribution < -0.4 is 10.1 Å². The van der Waals surface area contributed by atoms with E-state index in [9.17, 15) is 13.2 Å². The molecule has 0 aliphatic heterocycles. The zero-order chi connectivity index (χ0) is 14.5. The van der Waals surface area contributed by atoms with E-state index < -0.39 is 12.6 Å². The number of hydrogen-bond donors (Lipinski definition) is 1. The molecule has 19 heavy (non-hydrogen) atoms. The van der Waals surface area contributed by atoms with Crippen LogP contribution in [0.2, 0.25) is 0 Å². The van der Waals surface area contributed by atoms with E-state index in [-0.39, 0.29) is 19.1 Å². The number of alkyl halides is 3. The predicted molar refractivity (Wildman–Crippen MR) is 72.4 cm³/mol. The first kappa shape index (κ1) is 16.3. The first-order chi connectivity index (χ1) is 8.83. The summed E-state index contributed by atoms with van der Waals surface area (Å²) in [5.41, 5.74) is 1.08. The number of rotatable bonds is 6. The van der Waals surface area contributed by atoms with Crippen LogP contribution in [0.4, 0.5) is 13.2 Å². The van der Waals surface area contributed by atoms with Crippen molar-refractivity contribution in [3.8, 4) is 5.75 Å². The first-order valence-electron chi connectivity index (χ1n) is 6.00. The van der Waals surface area contributed by atoms with Gasteiger partial charge in [0, 0.05) is 12.5 Å². The van der Waals surface area contributed by atoms with Crippen LogP contribution in [0.5, 0.6) is 5.75 Å². The summed E-state index contributed by atoms with van der Waals surface area (Å²) >= 11 is 3.36. The lowest BCUT2D eigenvalue weighted by atomic mass is 10.1. The molecule has 0 amide bonds. The smallest absolute Gasteiger partial charge is 0.389 e. The zero-order valence-electron chi connectivity index (χ0n) is 10.9. The molecule has 6 heteroatoms. The van der Waals surface area contributed by atoms with Crippen molar-refractivity contribution >= 4 is 15.9 Å². The van der Waals surface area contributed by atoms with E-state index in [1.807, 2.05) is 26.1 Å². The summed E-state index contributed by atoms with van der Waals surface area (Å²) in [4.78, 5) is 0. The molecule has 1 N–H and O–H groups in total. The van der Waals surface area contributed by atoms with Gasteiger partial charge < -0.3 is 10.1 Å². The molecule has 0 spiro atoms. The van der Waals surface area contributed by atoms with E-state index in [2.05, 4.69) is 21.2 Å². The van der Waals surface area contributed by atoms with Crippen LogP contribution in [-0.4, -0.2) is 19.8 Å². The second-order valence-electron chi connectivity index (χ2n) is 4.27. The third kappa shape index (κ3) is 5.82. The van der Waals surface area contributed by atoms with Crippen LogP contribution >= 0.6 is 15.9 Å². The van der Waals surface area contributed by atoms with E-state index in [0.29, 0.717) is 5.75 Å². The van der Waals surface area contributed by atoms with Crippen molar-refractivity contribution in [3.63, 3.8) is 0 Å². The summed E-state index contributed by atoms with van der Waals surface area (Å²) in [7, 11) is 1.86. The molecule has 1 unspecified atom stereocenters. The number of hydrogen-bond acceptors (Lipinski definition) is 2. The van der Waals surface area contributed by atoms with Gasteiger partial charge in [-0.05, 0) is 54.0 Å². The summed E-state index contributed by atoms with van der Waals surface area (Å²) in [5, 5.41) is 3.11. The minimum absolute atomic E-state index is 0.0371. The van der Waals surface area contributed by atoms with Crippen molar-refractivity contribution < 1.29 is 17.9 Å². The van der Waals surface area contributed by atoms with E-state index >= 15 is 0 Å². The van der Waals surface area contributed by atoms with Crippen molar-refractivity contribution in [2.45, 2.75) is 32.0 Å². The second kappa shape index (κ2) is 7.14. The van der Waals surface area contributed by atoms with Gasteiger partial charge in [-0.3, -0.25) is 0 Å². The largest absolute Gasteiger partial charge is 0.492 e. The molecule has 1 aromatic rings. The van der Waals surface area contributed by atoms with Gasteiger partial charge in [0.1, 0.15) is 5.75 Å². The lowest BCUT2D eigenvalue weighted by molar-refractivity contribution is -0.136. The van der Waals surface area contributed by atoms with Gasteiger partial charge in [-0.1, -0.05) is 6.07 Å². The summed E-state index contributed by atoms with van der Waals surface area (Å²) in [6.45, 7) is 2.07. The standard InChI is InChI=1S/C13H17BrF3NO/c1-9(18-2)10-4-5-12(11(14)8-10)19-7-3-6-13(15,16)17/h4-5,8-9,18H,3,6-7H2,1-2H3. The van der Waals surface area contributed by atoms with Crippen LogP contribution in [-0.2, 0) is 0 Å². The van der Waals surface area contributed by atoms with Gasteiger partial charge in [0.15, 0.2) is 0 Å². The minimum atomic E-state index is -4.12. The average molecular weight is 340 g/mol. The Kier molecular flexibility index (Phi) is 6.13. The molecule has 0 bridgehead atoms. The molecule has 0 heterocycles. The Morgan fingerprint density at radius 3 is 2.58 bits per heavy atom. The highest BCUT2D eigenvalue weighted by Gasteiger charge is 2.26. The number of ether oxygens (including phenoxy) is 1. The Balaban J connectivity index is 2.51. The molecular formula is C13H17BrF3NO. The summed E-state index contributed by atoms with van der Waals surface area (Å²) < 4.78 is 42.0. The van der Waals surface area contributed by atoms with Crippen LogP contribution in [0.25, 0.3) is 0 Å². The van der Waals surface area contributed by atoms with Crippen LogP contribution in [0.15, 0.2) is 22.7 Å². The molecule has 0 saturated carbocycles. The molecule has 0 fully saturated rings. The third-order valence-electron chi connectivity index (χ3n) is 2.75. The number of halogens is 4. The monoisotopic (exact) mass is 339 g/mol. The van der Waals surface area contributed by atoms with Crippen molar-refractivity contribution in [1.82, 2.24) is 5.32 Å². The molecule has 1 aromatic carbocycles. The van der Waals surface area contributed by atoms with E-state index in [1.54, 1.807) is 6.07 Å². The predicted octanol–water partition coefficient (Wildman–Crippen LogP) is 4.45. The highest BCUT2D eigenvalue weighted by atomic mass is 79.9. The van der Waals surface area contributed by atoms with Gasteiger partial charge in [-0.15, -0.1) is 0 Å². The molecule has 0 radical (unpaired) electrons. The SMILES string of the molecule is CNC(C)c1ccc(OCCCC(F)(F)F)c(Br)c1. The topological polar surface area (TPSA) is 21.3 Å². The fraction of sp³-hybridized carbons (Fsp3) is 0.538. The third-order valence-corrected chi connectivity index (χ3v) is 3.37. The number of nitrogens with one attached hydrogen (secondary N) is 1. The molecule has 108 valence electrons. The van der Waals surface area contributed by atoms with Crippen molar-refractivity contribution in [2.24, 2.45) is 0 Å². The first-order valence-corrected chi connectivity index (χ1v) is 6.79. The zero-order valence-corrected chi connectivity index (χ0v) is 12.4. The second-order valence-corrected chi connectivity index (χ2v) is 5.12. The molecule has 0 saturated heterocycles. The van der Waals surface area contributed by atoms with Gasteiger partial charge in [0.2, 0.25) is 0 Å². The molecular weight excluding hydrogens is 323 g/mol. The molecule has 0 aliphatic rings. The Hall–Kier alpha value is -0.750. The Morgan fingerprint density at radius 1 is 1.37 bits per heavy atom.